The molecule has 5 nitrogen and oxygen atoms in total. The highest BCUT2D eigenvalue weighted by atomic mass is 16.5. The van der Waals surface area contributed by atoms with Crippen molar-refractivity contribution in [1.82, 2.24) is 4.98 Å². The zero-order valence-electron chi connectivity index (χ0n) is 16.8. The molecule has 28 heavy (non-hydrogen) atoms. The van der Waals surface area contributed by atoms with Crippen molar-refractivity contribution in [2.24, 2.45) is 4.99 Å². The van der Waals surface area contributed by atoms with Crippen LogP contribution in [-0.2, 0) is 9.53 Å². The van der Waals surface area contributed by atoms with Crippen molar-refractivity contribution in [3.05, 3.63) is 64.8 Å². The SMILES string of the molecule is [C-]#[N+]C1C(C)=NC(CCC)=C(C(=O)OC(C)C)C1c1ccnc2ccccc12. The number of benzene rings is 1. The van der Waals surface area contributed by atoms with Crippen LogP contribution in [0.2, 0.25) is 0 Å². The van der Waals surface area contributed by atoms with Gasteiger partial charge in [0.25, 0.3) is 6.04 Å². The van der Waals surface area contributed by atoms with E-state index in [0.29, 0.717) is 12.0 Å². The molecule has 0 fully saturated rings. The number of pyridine rings is 1. The van der Waals surface area contributed by atoms with Gasteiger partial charge >= 0.3 is 5.97 Å². The number of rotatable bonds is 5. The molecule has 0 N–H and O–H groups in total. The summed E-state index contributed by atoms with van der Waals surface area (Å²) < 4.78 is 5.57. The van der Waals surface area contributed by atoms with Crippen LogP contribution >= 0.6 is 0 Å². The molecule has 0 bridgehead atoms. The third-order valence-corrected chi connectivity index (χ3v) is 4.88. The van der Waals surface area contributed by atoms with E-state index in [9.17, 15) is 4.79 Å². The summed E-state index contributed by atoms with van der Waals surface area (Å²) in [5.41, 5.74) is 3.75. The number of ether oxygens (including phenoxy) is 1. The summed E-state index contributed by atoms with van der Waals surface area (Å²) in [6.45, 7) is 15.4. The van der Waals surface area contributed by atoms with Crippen LogP contribution in [0, 0.1) is 6.57 Å². The lowest BCUT2D eigenvalue weighted by molar-refractivity contribution is -0.143. The first-order valence-corrected chi connectivity index (χ1v) is 9.67. The van der Waals surface area contributed by atoms with Crippen LogP contribution in [0.5, 0.6) is 0 Å². The Bertz CT molecular complexity index is 993. The highest BCUT2D eigenvalue weighted by Crippen LogP contribution is 2.41. The Hall–Kier alpha value is -3.00. The number of para-hydroxylation sites is 1. The fourth-order valence-electron chi connectivity index (χ4n) is 3.75. The summed E-state index contributed by atoms with van der Waals surface area (Å²) in [5.74, 6) is -0.801. The summed E-state index contributed by atoms with van der Waals surface area (Å²) in [6.07, 6.45) is 3.03. The van der Waals surface area contributed by atoms with Crippen LogP contribution in [0.15, 0.2) is 52.8 Å². The minimum Gasteiger partial charge on any atom is -0.460 e. The van der Waals surface area contributed by atoms with Gasteiger partial charge in [-0.25, -0.2) is 11.4 Å². The Morgan fingerprint density at radius 2 is 2.04 bits per heavy atom. The highest BCUT2D eigenvalue weighted by molar-refractivity contribution is 6.01. The van der Waals surface area contributed by atoms with Crippen LogP contribution in [0.3, 0.4) is 0 Å². The second-order valence-corrected chi connectivity index (χ2v) is 7.29. The number of esters is 1. The van der Waals surface area contributed by atoms with Gasteiger partial charge in [-0.15, -0.1) is 0 Å². The molecule has 1 aliphatic heterocycles. The molecule has 0 radical (unpaired) electrons. The van der Waals surface area contributed by atoms with Crippen LogP contribution in [-0.4, -0.2) is 28.8 Å². The van der Waals surface area contributed by atoms with E-state index in [4.69, 9.17) is 11.3 Å². The van der Waals surface area contributed by atoms with E-state index in [2.05, 4.69) is 21.7 Å². The maximum Gasteiger partial charge on any atom is 0.337 e. The van der Waals surface area contributed by atoms with E-state index in [-0.39, 0.29) is 12.1 Å². The lowest BCUT2D eigenvalue weighted by Crippen LogP contribution is -2.33. The molecule has 0 saturated carbocycles. The van der Waals surface area contributed by atoms with E-state index in [1.807, 2.05) is 51.1 Å². The van der Waals surface area contributed by atoms with Gasteiger partial charge in [-0.05, 0) is 44.9 Å². The second-order valence-electron chi connectivity index (χ2n) is 7.29. The Morgan fingerprint density at radius 3 is 2.71 bits per heavy atom. The smallest absolute Gasteiger partial charge is 0.337 e. The number of aliphatic imine (C=N–C) groups is 1. The van der Waals surface area contributed by atoms with Crippen LogP contribution in [0.1, 0.15) is 52.0 Å². The topological polar surface area (TPSA) is 55.9 Å². The largest absolute Gasteiger partial charge is 0.460 e. The fourth-order valence-corrected chi connectivity index (χ4v) is 3.75. The number of carbonyl (C=O) groups is 1. The molecule has 2 aromatic rings. The molecule has 144 valence electrons. The molecule has 2 unspecified atom stereocenters. The fraction of sp³-hybridized carbons (Fsp3) is 0.391. The molecule has 3 rings (SSSR count). The first kappa shape index (κ1) is 19.8. The molecule has 0 amide bonds. The number of nitrogens with zero attached hydrogens (tertiary/aromatic N) is 3. The van der Waals surface area contributed by atoms with Crippen LogP contribution in [0.4, 0.5) is 0 Å². The maximum atomic E-state index is 13.1. The minimum absolute atomic E-state index is 0.240. The maximum absolute atomic E-state index is 13.1. The van der Waals surface area contributed by atoms with Crippen molar-refractivity contribution in [3.8, 4) is 0 Å². The first-order valence-electron chi connectivity index (χ1n) is 9.67. The zero-order valence-corrected chi connectivity index (χ0v) is 16.8. The van der Waals surface area contributed by atoms with E-state index in [1.54, 1.807) is 6.20 Å². The standard InChI is InChI=1S/C23H25N3O2/c1-6-9-19-21(23(27)28-14(2)3)20(22(24-5)15(4)26-19)17-12-13-25-18-11-8-7-10-16(17)18/h7-8,10-14,20,22H,6,9H2,1-4H3. The quantitative estimate of drug-likeness (QED) is 0.540. The molecule has 0 aliphatic carbocycles. The van der Waals surface area contributed by atoms with Crippen molar-refractivity contribution in [3.63, 3.8) is 0 Å². The molecule has 1 aromatic heterocycles. The Morgan fingerprint density at radius 1 is 1.29 bits per heavy atom. The summed E-state index contributed by atoms with van der Waals surface area (Å²) in [6, 6.07) is 9.19. The van der Waals surface area contributed by atoms with Crippen molar-refractivity contribution in [2.45, 2.75) is 58.6 Å². The molecule has 0 saturated heterocycles. The van der Waals surface area contributed by atoms with E-state index < -0.39 is 12.0 Å². The predicted octanol–water partition coefficient (Wildman–Crippen LogP) is 5.09. The van der Waals surface area contributed by atoms with Gasteiger partial charge in [0.15, 0.2) is 0 Å². The van der Waals surface area contributed by atoms with E-state index in [1.165, 1.54) is 0 Å². The molecule has 2 atom stereocenters. The average Bonchev–Trinajstić information content (AvgIpc) is 2.66. The Labute approximate surface area is 166 Å². The third-order valence-electron chi connectivity index (χ3n) is 4.88. The summed E-state index contributed by atoms with van der Waals surface area (Å²) in [7, 11) is 0. The predicted molar refractivity (Wildman–Crippen MR) is 111 cm³/mol. The van der Waals surface area contributed by atoms with Crippen molar-refractivity contribution in [2.75, 3.05) is 0 Å². The van der Waals surface area contributed by atoms with Gasteiger partial charge in [0, 0.05) is 11.6 Å². The van der Waals surface area contributed by atoms with E-state index >= 15 is 0 Å². The Kier molecular flexibility index (Phi) is 5.89. The molecular formula is C23H25N3O2. The summed E-state index contributed by atoms with van der Waals surface area (Å²) in [5, 5.41) is 0.948. The van der Waals surface area contributed by atoms with Crippen LogP contribution in [0.25, 0.3) is 15.7 Å². The number of aromatic nitrogens is 1. The average molecular weight is 375 g/mol. The Balaban J connectivity index is 2.28. The van der Waals surface area contributed by atoms with Crippen molar-refractivity contribution in [1.29, 1.82) is 0 Å². The lowest BCUT2D eigenvalue weighted by Gasteiger charge is -2.28. The highest BCUT2D eigenvalue weighted by Gasteiger charge is 2.43. The molecule has 1 aromatic carbocycles. The van der Waals surface area contributed by atoms with Crippen molar-refractivity contribution < 1.29 is 9.53 Å². The van der Waals surface area contributed by atoms with Gasteiger partial charge in [-0.3, -0.25) is 9.98 Å². The molecular weight excluding hydrogens is 350 g/mol. The van der Waals surface area contributed by atoms with Crippen LogP contribution < -0.4 is 0 Å². The van der Waals surface area contributed by atoms with Crippen molar-refractivity contribution >= 4 is 22.6 Å². The minimum atomic E-state index is -0.541. The third kappa shape index (κ3) is 3.68. The molecule has 2 heterocycles. The van der Waals surface area contributed by atoms with Gasteiger partial charge in [0.2, 0.25) is 0 Å². The van der Waals surface area contributed by atoms with Gasteiger partial charge in [0.1, 0.15) is 0 Å². The van der Waals surface area contributed by atoms with Gasteiger partial charge in [0.05, 0.1) is 34.5 Å². The lowest BCUT2D eigenvalue weighted by atomic mass is 9.78. The number of allylic oxidation sites excluding steroid dienone is 1. The number of carbonyl (C=O) groups excluding carboxylic acids is 1. The summed E-state index contributed by atoms with van der Waals surface area (Å²) >= 11 is 0. The van der Waals surface area contributed by atoms with E-state index in [0.717, 1.165) is 34.3 Å². The molecule has 5 heteroatoms. The molecule has 1 aliphatic rings. The number of hydrogen-bond donors (Lipinski definition) is 0. The summed E-state index contributed by atoms with van der Waals surface area (Å²) in [4.78, 5) is 26.1. The zero-order chi connectivity index (χ0) is 20.3. The normalized spacial score (nSPS) is 19.5. The molecule has 0 spiro atoms. The second kappa shape index (κ2) is 8.35. The van der Waals surface area contributed by atoms with Gasteiger partial charge in [-0.1, -0.05) is 31.5 Å². The monoisotopic (exact) mass is 375 g/mol. The number of hydrogen-bond acceptors (Lipinski definition) is 4. The number of fused-ring (bicyclic) bond motifs is 1. The van der Waals surface area contributed by atoms with Gasteiger partial charge < -0.3 is 9.58 Å². The van der Waals surface area contributed by atoms with Gasteiger partial charge in [-0.2, -0.15) is 0 Å². The first-order chi connectivity index (χ1) is 13.5.